The average molecular weight is 223 g/mol. The van der Waals surface area contributed by atoms with Gasteiger partial charge in [-0.3, -0.25) is 5.10 Å². The van der Waals surface area contributed by atoms with Crippen LogP contribution in [-0.2, 0) is 13.0 Å². The minimum atomic E-state index is 0.737. The van der Waals surface area contributed by atoms with Gasteiger partial charge in [-0.05, 0) is 13.3 Å². The lowest BCUT2D eigenvalue weighted by Crippen LogP contribution is -1.99. The van der Waals surface area contributed by atoms with Crippen LogP contribution in [0.3, 0.4) is 0 Å². The lowest BCUT2D eigenvalue weighted by Gasteiger charge is -1.99. The normalized spacial score (nSPS) is 10.5. The molecule has 0 aromatic carbocycles. The van der Waals surface area contributed by atoms with Gasteiger partial charge in [-0.2, -0.15) is 5.10 Å². The molecule has 5 nitrogen and oxygen atoms in total. The highest BCUT2D eigenvalue weighted by molar-refractivity contribution is 7.15. The maximum atomic E-state index is 4.04. The second kappa shape index (κ2) is 4.39. The maximum absolute atomic E-state index is 4.04. The summed E-state index contributed by atoms with van der Waals surface area (Å²) in [4.78, 5) is 0. The van der Waals surface area contributed by atoms with E-state index in [0.717, 1.165) is 34.4 Å². The van der Waals surface area contributed by atoms with Gasteiger partial charge in [-0.25, -0.2) is 0 Å². The number of aromatic amines is 1. The van der Waals surface area contributed by atoms with E-state index in [1.54, 1.807) is 11.3 Å². The van der Waals surface area contributed by atoms with Crippen LogP contribution in [0.5, 0.6) is 0 Å². The Morgan fingerprint density at radius 1 is 1.47 bits per heavy atom. The number of aromatic nitrogens is 4. The number of nitrogens with zero attached hydrogens (tertiary/aromatic N) is 3. The van der Waals surface area contributed by atoms with Crippen LogP contribution in [0, 0.1) is 6.92 Å². The van der Waals surface area contributed by atoms with Gasteiger partial charge in [0.05, 0.1) is 6.20 Å². The van der Waals surface area contributed by atoms with Crippen molar-refractivity contribution in [1.82, 2.24) is 20.4 Å². The molecule has 0 saturated carbocycles. The fraction of sp³-hybridized carbons (Fsp3) is 0.444. The number of nitrogens with one attached hydrogen (secondary N) is 2. The zero-order valence-electron chi connectivity index (χ0n) is 8.74. The molecule has 0 bridgehead atoms. The summed E-state index contributed by atoms with van der Waals surface area (Å²) in [6.07, 6.45) is 2.76. The van der Waals surface area contributed by atoms with E-state index in [0.29, 0.717) is 0 Å². The summed E-state index contributed by atoms with van der Waals surface area (Å²) in [5.41, 5.74) is 2.24. The standard InChI is InChI=1S/C9H13N5S/c1-3-8-13-14-9(15-8)10-4-7-5-11-12-6(7)2/h5H,3-4H2,1-2H3,(H,10,14)(H,11,12). The average Bonchev–Trinajstić information content (AvgIpc) is 2.84. The molecule has 80 valence electrons. The van der Waals surface area contributed by atoms with Crippen LogP contribution in [0.15, 0.2) is 6.20 Å². The molecule has 2 heterocycles. The second-order valence-electron chi connectivity index (χ2n) is 3.23. The quantitative estimate of drug-likeness (QED) is 0.828. The van der Waals surface area contributed by atoms with Crippen LogP contribution in [0.1, 0.15) is 23.2 Å². The molecule has 0 aliphatic heterocycles. The van der Waals surface area contributed by atoms with Crippen molar-refractivity contribution >= 4 is 16.5 Å². The third-order valence-electron chi connectivity index (χ3n) is 2.13. The molecule has 0 radical (unpaired) electrons. The van der Waals surface area contributed by atoms with E-state index in [1.165, 1.54) is 0 Å². The molecule has 15 heavy (non-hydrogen) atoms. The van der Waals surface area contributed by atoms with E-state index in [2.05, 4.69) is 32.6 Å². The van der Waals surface area contributed by atoms with Crippen molar-refractivity contribution in [2.24, 2.45) is 0 Å². The minimum absolute atomic E-state index is 0.737. The Bertz CT molecular complexity index is 433. The lowest BCUT2D eigenvalue weighted by molar-refractivity contribution is 0.974. The van der Waals surface area contributed by atoms with Crippen LogP contribution in [-0.4, -0.2) is 20.4 Å². The maximum Gasteiger partial charge on any atom is 0.205 e. The number of hydrogen-bond donors (Lipinski definition) is 2. The van der Waals surface area contributed by atoms with Crippen LogP contribution >= 0.6 is 11.3 Å². The van der Waals surface area contributed by atoms with Crippen LogP contribution in [0.2, 0.25) is 0 Å². The first-order chi connectivity index (χ1) is 7.29. The molecule has 6 heteroatoms. The smallest absolute Gasteiger partial charge is 0.205 e. The summed E-state index contributed by atoms with van der Waals surface area (Å²) in [6, 6.07) is 0. The van der Waals surface area contributed by atoms with Gasteiger partial charge in [0.15, 0.2) is 0 Å². The van der Waals surface area contributed by atoms with Crippen molar-refractivity contribution < 1.29 is 0 Å². The van der Waals surface area contributed by atoms with Gasteiger partial charge in [0, 0.05) is 17.8 Å². The molecule has 2 aromatic rings. The highest BCUT2D eigenvalue weighted by Gasteiger charge is 2.03. The number of H-pyrrole nitrogens is 1. The predicted octanol–water partition coefficient (Wildman–Crippen LogP) is 1.74. The summed E-state index contributed by atoms with van der Waals surface area (Å²) >= 11 is 1.60. The number of hydrogen-bond acceptors (Lipinski definition) is 5. The SMILES string of the molecule is CCc1nnc(NCc2cn[nH]c2C)s1. The first-order valence-electron chi connectivity index (χ1n) is 4.84. The van der Waals surface area contributed by atoms with Gasteiger partial charge >= 0.3 is 0 Å². The van der Waals surface area contributed by atoms with Crippen molar-refractivity contribution in [2.75, 3.05) is 5.32 Å². The van der Waals surface area contributed by atoms with Crippen molar-refractivity contribution in [3.8, 4) is 0 Å². The molecule has 0 atom stereocenters. The molecular weight excluding hydrogens is 210 g/mol. The summed E-state index contributed by atoms with van der Waals surface area (Å²) < 4.78 is 0. The molecule has 2 aromatic heterocycles. The number of anilines is 1. The Morgan fingerprint density at radius 3 is 2.93 bits per heavy atom. The molecule has 0 unspecified atom stereocenters. The molecule has 0 aliphatic carbocycles. The zero-order valence-corrected chi connectivity index (χ0v) is 9.56. The third kappa shape index (κ3) is 2.33. The molecule has 0 spiro atoms. The van der Waals surface area contributed by atoms with E-state index in [9.17, 15) is 0 Å². The lowest BCUT2D eigenvalue weighted by atomic mass is 10.3. The Balaban J connectivity index is 1.96. The zero-order chi connectivity index (χ0) is 10.7. The topological polar surface area (TPSA) is 66.5 Å². The van der Waals surface area contributed by atoms with Gasteiger partial charge in [-0.1, -0.05) is 18.3 Å². The highest BCUT2D eigenvalue weighted by Crippen LogP contribution is 2.16. The van der Waals surface area contributed by atoms with Gasteiger partial charge in [0.25, 0.3) is 0 Å². The summed E-state index contributed by atoms with van der Waals surface area (Å²) in [5.74, 6) is 0. The Labute approximate surface area is 91.9 Å². The Kier molecular flexibility index (Phi) is 2.96. The molecule has 2 rings (SSSR count). The summed E-state index contributed by atoms with van der Waals surface area (Å²) in [6.45, 7) is 4.81. The first kappa shape index (κ1) is 10.1. The summed E-state index contributed by atoms with van der Waals surface area (Å²) in [5, 5.41) is 20.1. The summed E-state index contributed by atoms with van der Waals surface area (Å²) in [7, 11) is 0. The highest BCUT2D eigenvalue weighted by atomic mass is 32.1. The van der Waals surface area contributed by atoms with Crippen molar-refractivity contribution in [3.63, 3.8) is 0 Å². The van der Waals surface area contributed by atoms with Crippen molar-refractivity contribution in [2.45, 2.75) is 26.8 Å². The van der Waals surface area contributed by atoms with Crippen LogP contribution < -0.4 is 5.32 Å². The molecule has 0 aliphatic rings. The van der Waals surface area contributed by atoms with Crippen molar-refractivity contribution in [3.05, 3.63) is 22.5 Å². The molecule has 0 fully saturated rings. The Morgan fingerprint density at radius 2 is 2.33 bits per heavy atom. The van der Waals surface area contributed by atoms with Crippen LogP contribution in [0.4, 0.5) is 5.13 Å². The second-order valence-corrected chi connectivity index (χ2v) is 4.29. The monoisotopic (exact) mass is 223 g/mol. The fourth-order valence-corrected chi connectivity index (χ4v) is 1.87. The van der Waals surface area contributed by atoms with Gasteiger partial charge in [-0.15, -0.1) is 10.2 Å². The molecule has 2 N–H and O–H groups in total. The van der Waals surface area contributed by atoms with E-state index < -0.39 is 0 Å². The van der Waals surface area contributed by atoms with Crippen LogP contribution in [0.25, 0.3) is 0 Å². The molecule has 0 amide bonds. The van der Waals surface area contributed by atoms with E-state index in [-0.39, 0.29) is 0 Å². The van der Waals surface area contributed by atoms with Crippen molar-refractivity contribution in [1.29, 1.82) is 0 Å². The number of rotatable bonds is 4. The first-order valence-corrected chi connectivity index (χ1v) is 5.66. The van der Waals surface area contributed by atoms with Gasteiger partial charge in [0.1, 0.15) is 5.01 Å². The van der Waals surface area contributed by atoms with E-state index >= 15 is 0 Å². The van der Waals surface area contributed by atoms with Gasteiger partial charge in [0.2, 0.25) is 5.13 Å². The Hall–Kier alpha value is -1.43. The number of aryl methyl sites for hydroxylation is 2. The van der Waals surface area contributed by atoms with Gasteiger partial charge < -0.3 is 5.32 Å². The molecular formula is C9H13N5S. The predicted molar refractivity (Wildman–Crippen MR) is 59.9 cm³/mol. The largest absolute Gasteiger partial charge is 0.356 e. The third-order valence-corrected chi connectivity index (χ3v) is 3.16. The van der Waals surface area contributed by atoms with E-state index in [1.807, 2.05) is 13.1 Å². The minimum Gasteiger partial charge on any atom is -0.356 e. The van der Waals surface area contributed by atoms with E-state index in [4.69, 9.17) is 0 Å². The fourth-order valence-electron chi connectivity index (χ4n) is 1.19. The molecule has 0 saturated heterocycles.